The van der Waals surface area contributed by atoms with Gasteiger partial charge in [0, 0.05) is 0 Å². The van der Waals surface area contributed by atoms with Crippen LogP contribution in [0.5, 0.6) is 0 Å². The van der Waals surface area contributed by atoms with Crippen LogP contribution in [-0.4, -0.2) is 0 Å². The third kappa shape index (κ3) is 11.7. The molecule has 1 radical (unpaired) electrons. The average Bonchev–Trinajstić information content (AvgIpc) is 2.16. The maximum atomic E-state index is 3.82. The van der Waals surface area contributed by atoms with E-state index in [4.69, 9.17) is 0 Å². The Bertz CT molecular complexity index is 103. The Morgan fingerprint density at radius 3 is 2.08 bits per heavy atom. The van der Waals surface area contributed by atoms with E-state index in [2.05, 4.69) is 26.0 Å². The lowest BCUT2D eigenvalue weighted by atomic mass is 10.1. The number of rotatable bonds is 9. The van der Waals surface area contributed by atoms with Crippen LogP contribution in [0, 0.1) is 6.92 Å². The molecule has 13 heavy (non-hydrogen) atoms. The van der Waals surface area contributed by atoms with Crippen LogP contribution in [0.2, 0.25) is 0 Å². The molecule has 0 saturated heterocycles. The van der Waals surface area contributed by atoms with Crippen molar-refractivity contribution in [2.75, 3.05) is 0 Å². The first-order chi connectivity index (χ1) is 6.41. The average molecular weight is 181 g/mol. The van der Waals surface area contributed by atoms with Gasteiger partial charge in [0.25, 0.3) is 0 Å². The monoisotopic (exact) mass is 181 g/mol. The second-order valence-electron chi connectivity index (χ2n) is 3.67. The van der Waals surface area contributed by atoms with E-state index >= 15 is 0 Å². The largest absolute Gasteiger partial charge is 0.0885 e. The summed E-state index contributed by atoms with van der Waals surface area (Å²) in [7, 11) is 0. The van der Waals surface area contributed by atoms with E-state index in [9.17, 15) is 0 Å². The molecule has 0 aromatic heterocycles. The zero-order valence-corrected chi connectivity index (χ0v) is 9.23. The first-order valence-corrected chi connectivity index (χ1v) is 5.86. The number of hydrogen-bond donors (Lipinski definition) is 0. The van der Waals surface area contributed by atoms with E-state index < -0.39 is 0 Å². The molecule has 0 saturated carbocycles. The predicted molar refractivity (Wildman–Crippen MR) is 61.7 cm³/mol. The van der Waals surface area contributed by atoms with Crippen molar-refractivity contribution in [1.29, 1.82) is 0 Å². The minimum Gasteiger partial charge on any atom is -0.0885 e. The normalized spacial score (nSPS) is 11.2. The van der Waals surface area contributed by atoms with E-state index in [1.54, 1.807) is 0 Å². The Morgan fingerprint density at radius 1 is 0.846 bits per heavy atom. The lowest BCUT2D eigenvalue weighted by molar-refractivity contribution is 0.637. The van der Waals surface area contributed by atoms with Crippen molar-refractivity contribution in [1.82, 2.24) is 0 Å². The minimum absolute atomic E-state index is 1.07. The molecule has 0 amide bonds. The lowest BCUT2D eigenvalue weighted by Crippen LogP contribution is -1.76. The Balaban J connectivity index is 2.93. The van der Waals surface area contributed by atoms with E-state index in [-0.39, 0.29) is 0 Å². The summed E-state index contributed by atoms with van der Waals surface area (Å²) >= 11 is 0. The van der Waals surface area contributed by atoms with Gasteiger partial charge in [-0.05, 0) is 25.7 Å². The van der Waals surface area contributed by atoms with Gasteiger partial charge in [-0.1, -0.05) is 58.1 Å². The van der Waals surface area contributed by atoms with Gasteiger partial charge in [-0.2, -0.15) is 0 Å². The van der Waals surface area contributed by atoms with Gasteiger partial charge in [-0.15, -0.1) is 0 Å². The van der Waals surface area contributed by atoms with E-state index in [0.717, 1.165) is 6.42 Å². The summed E-state index contributed by atoms with van der Waals surface area (Å²) in [6.07, 6.45) is 16.4. The van der Waals surface area contributed by atoms with E-state index in [1.807, 2.05) is 0 Å². The minimum atomic E-state index is 1.07. The molecular formula is C13H25. The Labute approximate surface area is 84.4 Å². The summed E-state index contributed by atoms with van der Waals surface area (Å²) in [6.45, 7) is 6.08. The van der Waals surface area contributed by atoms with Crippen molar-refractivity contribution < 1.29 is 0 Å². The highest BCUT2D eigenvalue weighted by Gasteiger charge is 1.86. The van der Waals surface area contributed by atoms with Crippen LogP contribution < -0.4 is 0 Å². The van der Waals surface area contributed by atoms with Gasteiger partial charge in [0.05, 0.1) is 0 Å². The fourth-order valence-corrected chi connectivity index (χ4v) is 1.36. The van der Waals surface area contributed by atoms with Gasteiger partial charge >= 0.3 is 0 Å². The van der Waals surface area contributed by atoms with Crippen LogP contribution in [-0.2, 0) is 0 Å². The van der Waals surface area contributed by atoms with Crippen molar-refractivity contribution in [2.24, 2.45) is 0 Å². The summed E-state index contributed by atoms with van der Waals surface area (Å²) in [4.78, 5) is 0. The van der Waals surface area contributed by atoms with Crippen LogP contribution in [0.15, 0.2) is 12.2 Å². The molecule has 0 unspecified atom stereocenters. The van der Waals surface area contributed by atoms with Crippen molar-refractivity contribution in [3.63, 3.8) is 0 Å². The Kier molecular flexibility index (Phi) is 11.5. The molecule has 0 aliphatic rings. The predicted octanol–water partition coefficient (Wildman–Crippen LogP) is 4.91. The van der Waals surface area contributed by atoms with Crippen LogP contribution in [0.25, 0.3) is 0 Å². The lowest BCUT2D eigenvalue weighted by Gasteiger charge is -1.96. The molecular weight excluding hydrogens is 156 g/mol. The molecule has 0 atom stereocenters. The fraction of sp³-hybridized carbons (Fsp3) is 0.769. The molecule has 0 rings (SSSR count). The summed E-state index contributed by atoms with van der Waals surface area (Å²) in [5, 5.41) is 0. The van der Waals surface area contributed by atoms with Gasteiger partial charge in [0.2, 0.25) is 0 Å². The van der Waals surface area contributed by atoms with Crippen molar-refractivity contribution in [3.8, 4) is 0 Å². The third-order valence-corrected chi connectivity index (χ3v) is 2.26. The first kappa shape index (κ1) is 12.7. The highest BCUT2D eigenvalue weighted by Crippen LogP contribution is 2.05. The highest BCUT2D eigenvalue weighted by atomic mass is 13.9. The molecule has 0 aliphatic carbocycles. The highest BCUT2D eigenvalue weighted by molar-refractivity contribution is 4.81. The second-order valence-corrected chi connectivity index (χ2v) is 3.67. The SMILES string of the molecule is [CH2]CCC/C=C\CCCCCCC. The maximum Gasteiger partial charge on any atom is -0.0351 e. The molecule has 0 aliphatic heterocycles. The van der Waals surface area contributed by atoms with Gasteiger partial charge < -0.3 is 0 Å². The van der Waals surface area contributed by atoms with Gasteiger partial charge in [0.1, 0.15) is 0 Å². The van der Waals surface area contributed by atoms with Crippen LogP contribution in [0.1, 0.15) is 64.7 Å². The van der Waals surface area contributed by atoms with Gasteiger partial charge in [-0.3, -0.25) is 0 Å². The number of hydrogen-bond acceptors (Lipinski definition) is 0. The summed E-state index contributed by atoms with van der Waals surface area (Å²) in [6, 6.07) is 0. The quantitative estimate of drug-likeness (QED) is 0.350. The van der Waals surface area contributed by atoms with Crippen LogP contribution in [0.4, 0.5) is 0 Å². The summed E-state index contributed by atoms with van der Waals surface area (Å²) in [5.41, 5.74) is 0. The molecule has 0 aromatic rings. The molecule has 0 nitrogen and oxygen atoms in total. The molecule has 0 heteroatoms. The molecule has 0 bridgehead atoms. The molecule has 0 N–H and O–H groups in total. The zero-order valence-electron chi connectivity index (χ0n) is 9.23. The molecule has 0 fully saturated rings. The Morgan fingerprint density at radius 2 is 1.46 bits per heavy atom. The van der Waals surface area contributed by atoms with E-state index in [1.165, 1.54) is 51.4 Å². The summed E-state index contributed by atoms with van der Waals surface area (Å²) in [5.74, 6) is 0. The number of unbranched alkanes of at least 4 members (excludes halogenated alkanes) is 7. The van der Waals surface area contributed by atoms with E-state index in [0.29, 0.717) is 0 Å². The Hall–Kier alpha value is -0.260. The maximum absolute atomic E-state index is 3.82. The topological polar surface area (TPSA) is 0 Å². The molecule has 0 heterocycles. The third-order valence-electron chi connectivity index (χ3n) is 2.26. The zero-order chi connectivity index (χ0) is 9.78. The van der Waals surface area contributed by atoms with Crippen molar-refractivity contribution >= 4 is 0 Å². The smallest absolute Gasteiger partial charge is 0.0351 e. The second kappa shape index (κ2) is 11.7. The van der Waals surface area contributed by atoms with Gasteiger partial charge in [-0.25, -0.2) is 0 Å². The molecule has 77 valence electrons. The standard InChI is InChI=1S/C13H25/c1-3-5-7-9-11-13-12-10-8-6-4-2/h9,11H,1,3-8,10,12-13H2,2H3/b11-9-. The first-order valence-electron chi connectivity index (χ1n) is 5.86. The fourth-order valence-electron chi connectivity index (χ4n) is 1.36. The van der Waals surface area contributed by atoms with Crippen LogP contribution >= 0.6 is 0 Å². The number of allylic oxidation sites excluding steroid dienone is 2. The molecule has 0 spiro atoms. The van der Waals surface area contributed by atoms with Gasteiger partial charge in [0.15, 0.2) is 0 Å². The van der Waals surface area contributed by atoms with Crippen molar-refractivity contribution in [3.05, 3.63) is 19.1 Å². The van der Waals surface area contributed by atoms with Crippen LogP contribution in [0.3, 0.4) is 0 Å². The van der Waals surface area contributed by atoms with Crippen molar-refractivity contribution in [2.45, 2.75) is 64.7 Å². The summed E-state index contributed by atoms with van der Waals surface area (Å²) < 4.78 is 0. The molecule has 0 aromatic carbocycles.